The Hall–Kier alpha value is -4.51. The lowest BCUT2D eigenvalue weighted by molar-refractivity contribution is 0.568. The fourth-order valence-corrected chi connectivity index (χ4v) is 16.4. The van der Waals surface area contributed by atoms with Gasteiger partial charge in [0.25, 0.3) is 0 Å². The van der Waals surface area contributed by atoms with Crippen molar-refractivity contribution in [2.24, 2.45) is 23.7 Å². The predicted octanol–water partition coefficient (Wildman–Crippen LogP) is 10.4. The van der Waals surface area contributed by atoms with Crippen LogP contribution in [0.5, 0.6) is 0 Å². The maximum atomic E-state index is 13.0. The van der Waals surface area contributed by atoms with Crippen LogP contribution in [0, 0.1) is 43.5 Å². The van der Waals surface area contributed by atoms with Gasteiger partial charge in [-0.3, -0.25) is 9.19 Å². The van der Waals surface area contributed by atoms with E-state index in [1.165, 1.54) is 36.9 Å². The van der Waals surface area contributed by atoms with Crippen molar-refractivity contribution in [3.63, 3.8) is 0 Å². The summed E-state index contributed by atoms with van der Waals surface area (Å²) in [6.45, 7) is 31.7. The maximum absolute atomic E-state index is 13.0. The number of sulfone groups is 3. The number of nitrogens with one attached hydrogen (secondary N) is 3. The molecule has 1 unspecified atom stereocenters. The first-order valence-corrected chi connectivity index (χ1v) is 40.9. The Morgan fingerprint density at radius 2 is 0.747 bits per heavy atom. The number of hydrogen-bond donors (Lipinski definition) is 3. The third-order valence-electron chi connectivity index (χ3n) is 10.0. The number of rotatable bonds is 20. The molecule has 5 rings (SSSR count). The molecule has 0 spiro atoms. The van der Waals surface area contributed by atoms with Gasteiger partial charge in [0.15, 0.2) is 0 Å². The van der Waals surface area contributed by atoms with Gasteiger partial charge >= 0.3 is 0 Å². The number of sulfonamides is 3. The number of benzene rings is 3. The van der Waals surface area contributed by atoms with Gasteiger partial charge in [-0.1, -0.05) is 105 Å². The van der Waals surface area contributed by atoms with E-state index in [1.807, 2.05) is 93.5 Å². The average molecular weight is 1350 g/mol. The molecule has 0 amide bonds. The van der Waals surface area contributed by atoms with E-state index in [0.717, 1.165) is 33.8 Å². The van der Waals surface area contributed by atoms with E-state index in [1.54, 1.807) is 115 Å². The molecule has 2 heterocycles. The van der Waals surface area contributed by atoms with Crippen LogP contribution in [0.25, 0.3) is 22.3 Å². The van der Waals surface area contributed by atoms with Crippen molar-refractivity contribution in [3.8, 4) is 22.3 Å². The molecule has 1 atom stereocenters. The largest absolute Gasteiger partial charge is 0.268 e. The summed E-state index contributed by atoms with van der Waals surface area (Å²) in [5.41, 5.74) is 5.30. The van der Waals surface area contributed by atoms with Crippen molar-refractivity contribution in [3.05, 3.63) is 127 Å². The van der Waals surface area contributed by atoms with Crippen molar-refractivity contribution in [1.29, 1.82) is 0 Å². The van der Waals surface area contributed by atoms with Crippen molar-refractivity contribution in [1.82, 2.24) is 24.1 Å². The van der Waals surface area contributed by atoms with Gasteiger partial charge in [0, 0.05) is 72.0 Å². The Labute approximate surface area is 525 Å². The zero-order valence-corrected chi connectivity index (χ0v) is 60.3. The molecule has 87 heavy (non-hydrogen) atoms. The third-order valence-corrected chi connectivity index (χ3v) is 21.0. The number of aryl methyl sites for hydroxylation is 2. The molecule has 0 aliphatic heterocycles. The van der Waals surface area contributed by atoms with Gasteiger partial charge in [-0.25, -0.2) is 69.7 Å². The molecular formula is C61H100FN5O13S7. The van der Waals surface area contributed by atoms with E-state index in [2.05, 4.69) is 30.0 Å². The molecule has 3 aromatic carbocycles. The van der Waals surface area contributed by atoms with Crippen LogP contribution in [-0.2, 0) is 69.1 Å². The maximum Gasteiger partial charge on any atom is 0.240 e. The molecule has 0 bridgehead atoms. The Kier molecular flexibility index (Phi) is 37.8. The monoisotopic (exact) mass is 1350 g/mol. The standard InChI is InChI=1S/C16H20N2O2S.C14H15FN2O2S.C9H13NO2S.C6H14O2S.C6H14OS.2C5H12O2S/c1-11(2)18-21(19,20)16-7-5-14(6-8-16)15-9-12(3)17-13(4)10-15;1-10(2)17-20(18,19)13-5-3-11(4-6-13)12-7-8-16-14(15)9-12;1-8(2)10-13(11,12)9-6-4-3-5-7-9;1-4-9(7,8)5-6(2)3;1-6(2)5-8(3,4)7;2*1-5(2)4-8(3,6)7/h5-11,18H,1-4H3;3-10,17H,1-2H3;3-8,10H,1-2H3;6H,4-5H2,1-3H3;6H,3,5H2,1-2,4H3;2*5H,4H2,1-3H3. The number of aromatic nitrogens is 2. The number of hydrogen-bond acceptors (Lipinski definition) is 15. The summed E-state index contributed by atoms with van der Waals surface area (Å²) in [5, 5.41) is 0. The summed E-state index contributed by atoms with van der Waals surface area (Å²) in [6, 6.07) is 28.1. The van der Waals surface area contributed by atoms with Gasteiger partial charge in [0.1, 0.15) is 29.5 Å². The first-order chi connectivity index (χ1) is 39.4. The van der Waals surface area contributed by atoms with Crippen LogP contribution in [0.1, 0.15) is 115 Å². The quantitative estimate of drug-likeness (QED) is 0.0482. The second-order valence-electron chi connectivity index (χ2n) is 23.5. The molecule has 18 nitrogen and oxygen atoms in total. The Morgan fingerprint density at radius 1 is 0.425 bits per heavy atom. The molecule has 0 radical (unpaired) electrons. The summed E-state index contributed by atoms with van der Waals surface area (Å²) in [4.78, 5) is 8.60. The first kappa shape index (κ1) is 84.6. The molecule has 2 aromatic heterocycles. The lowest BCUT2D eigenvalue weighted by atomic mass is 10.1. The van der Waals surface area contributed by atoms with Crippen LogP contribution in [0.15, 0.2) is 124 Å². The summed E-state index contributed by atoms with van der Waals surface area (Å²) in [5.74, 6) is 6.17. The second-order valence-corrected chi connectivity index (χ2v) is 38.1. The minimum Gasteiger partial charge on any atom is -0.268 e. The summed E-state index contributed by atoms with van der Waals surface area (Å²) >= 11 is 0. The zero-order valence-electron chi connectivity index (χ0n) is 54.6. The van der Waals surface area contributed by atoms with E-state index < -0.39 is 75.1 Å². The first-order valence-electron chi connectivity index (χ1n) is 28.2. The fourth-order valence-electron chi connectivity index (χ4n) is 7.51. The van der Waals surface area contributed by atoms with Crippen molar-refractivity contribution < 1.29 is 59.1 Å². The second kappa shape index (κ2) is 38.9. The van der Waals surface area contributed by atoms with Crippen LogP contribution in [-0.4, -0.2) is 136 Å². The van der Waals surface area contributed by atoms with Crippen LogP contribution in [0.3, 0.4) is 0 Å². The summed E-state index contributed by atoms with van der Waals surface area (Å²) in [7, 11) is -20.1. The number of pyridine rings is 2. The molecule has 0 aliphatic rings. The highest BCUT2D eigenvalue weighted by molar-refractivity contribution is 7.99. The molecule has 496 valence electrons. The normalized spacial score (nSPS) is 12.6. The van der Waals surface area contributed by atoms with Crippen LogP contribution >= 0.6 is 0 Å². The summed E-state index contributed by atoms with van der Waals surface area (Å²) in [6.07, 6.45) is 5.59. The summed E-state index contributed by atoms with van der Waals surface area (Å²) < 4.78 is 166. The molecule has 0 saturated carbocycles. The van der Waals surface area contributed by atoms with E-state index >= 15 is 0 Å². The Bertz CT molecular complexity index is 3530. The Balaban J connectivity index is 0. The van der Waals surface area contributed by atoms with E-state index in [-0.39, 0.29) is 51.4 Å². The lowest BCUT2D eigenvalue weighted by Crippen LogP contribution is -2.30. The minimum atomic E-state index is -3.50. The van der Waals surface area contributed by atoms with Gasteiger partial charge in [-0.15, -0.1) is 0 Å². The van der Waals surface area contributed by atoms with Crippen LogP contribution in [0.2, 0.25) is 0 Å². The van der Waals surface area contributed by atoms with E-state index in [9.17, 15) is 59.1 Å². The van der Waals surface area contributed by atoms with Gasteiger partial charge in [0.05, 0.1) is 31.9 Å². The highest BCUT2D eigenvalue weighted by Crippen LogP contribution is 2.24. The molecule has 0 fully saturated rings. The van der Waals surface area contributed by atoms with Gasteiger partial charge in [-0.05, 0) is 171 Å². The molecule has 5 aromatic rings. The average Bonchev–Trinajstić information content (AvgIpc) is 2.96. The highest BCUT2D eigenvalue weighted by Gasteiger charge is 2.18. The Morgan fingerprint density at radius 3 is 0.989 bits per heavy atom. The van der Waals surface area contributed by atoms with Crippen LogP contribution in [0.4, 0.5) is 4.39 Å². The van der Waals surface area contributed by atoms with Crippen LogP contribution < -0.4 is 14.2 Å². The van der Waals surface area contributed by atoms with E-state index in [4.69, 9.17) is 0 Å². The minimum absolute atomic E-state index is 0.0785. The van der Waals surface area contributed by atoms with E-state index in [0.29, 0.717) is 33.6 Å². The van der Waals surface area contributed by atoms with Crippen molar-refractivity contribution in [2.75, 3.05) is 47.5 Å². The number of nitrogens with zero attached hydrogens (tertiary/aromatic N) is 2. The smallest absolute Gasteiger partial charge is 0.240 e. The lowest BCUT2D eigenvalue weighted by Gasteiger charge is -2.10. The SMILES string of the molecule is C=S(C)(=O)CC(C)C.CC(C)CS(C)(=O)=O.CC(C)CS(C)(=O)=O.CC(C)NS(=O)(=O)c1ccc(-c2ccnc(F)c2)cc1.CC(C)NS(=O)(=O)c1ccccc1.CCS(=O)(=O)CC(C)C.Cc1cc(-c2ccc(S(=O)(=O)NC(C)C)cc2)cc(C)n1. The highest BCUT2D eigenvalue weighted by atomic mass is 32.2. The number of halogens is 1. The molecule has 0 saturated heterocycles. The van der Waals surface area contributed by atoms with Gasteiger partial charge in [0.2, 0.25) is 36.0 Å². The zero-order chi connectivity index (χ0) is 68.1. The fraction of sp³-hybridized carbons (Fsp3) is 0.525. The molecule has 26 heteroatoms. The molecule has 3 N–H and O–H groups in total. The van der Waals surface area contributed by atoms with Gasteiger partial charge in [-0.2, -0.15) is 4.39 Å². The van der Waals surface area contributed by atoms with Gasteiger partial charge < -0.3 is 0 Å². The molecular weight excluding hydrogens is 1250 g/mol. The van der Waals surface area contributed by atoms with Crippen molar-refractivity contribution in [2.45, 2.75) is 151 Å². The predicted molar refractivity (Wildman–Crippen MR) is 361 cm³/mol. The van der Waals surface area contributed by atoms with Crippen molar-refractivity contribution >= 4 is 75.0 Å². The molecule has 0 aliphatic carbocycles. The topological polar surface area (TPSA) is 284 Å². The third kappa shape index (κ3) is 43.0.